The largest absolute Gasteiger partial charge is 3.00 e. The molecule has 0 aromatic rings. The summed E-state index contributed by atoms with van der Waals surface area (Å²) in [7, 11) is 0. The van der Waals surface area contributed by atoms with E-state index in [-0.39, 0.29) is 49.6 Å². The summed E-state index contributed by atoms with van der Waals surface area (Å²) in [4.78, 5) is 0. The topological polar surface area (TPSA) is 89.4 Å². The minimum absolute atomic E-state index is 0. The van der Waals surface area contributed by atoms with Crippen molar-refractivity contribution in [3.05, 3.63) is 0 Å². The zero-order valence-corrected chi connectivity index (χ0v) is 14.3. The summed E-state index contributed by atoms with van der Waals surface area (Å²) < 4.78 is 0. The van der Waals surface area contributed by atoms with Crippen molar-refractivity contribution in [2.24, 2.45) is 0 Å². The van der Waals surface area contributed by atoms with Crippen molar-refractivity contribution >= 4 is 29.8 Å². The van der Waals surface area contributed by atoms with Crippen LogP contribution in [0, 0.1) is 0 Å². The number of hydrogen-bond donors (Lipinski definition) is 1. The first kappa shape index (κ1) is 36.3. The van der Waals surface area contributed by atoms with Gasteiger partial charge in [-0.1, -0.05) is 47.0 Å². The molecule has 0 fully saturated rings. The van der Waals surface area contributed by atoms with Crippen LogP contribution in [-0.2, 0) is 0 Å². The van der Waals surface area contributed by atoms with E-state index in [4.69, 9.17) is 5.11 Å². The summed E-state index contributed by atoms with van der Waals surface area (Å²) in [5.41, 5.74) is 0. The molecule has 0 aliphatic carbocycles. The van der Waals surface area contributed by atoms with Gasteiger partial charge in [-0.2, -0.15) is 0 Å². The molecule has 0 atom stereocenters. The molecular weight excluding hydrogens is 271 g/mol. The number of rotatable bonds is 4. The van der Waals surface area contributed by atoms with Crippen molar-refractivity contribution in [1.29, 1.82) is 0 Å². The van der Waals surface area contributed by atoms with Gasteiger partial charge in [-0.05, 0) is 6.42 Å². The summed E-state index contributed by atoms with van der Waals surface area (Å²) in [5, 5.41) is 35.8. The maximum absolute atomic E-state index is 9.30. The van der Waals surface area contributed by atoms with Gasteiger partial charge in [-0.3, -0.25) is 0 Å². The third-order valence-corrected chi connectivity index (χ3v) is 0.836. The van der Waals surface area contributed by atoms with Crippen molar-refractivity contribution in [2.45, 2.75) is 53.4 Å². The molecule has 0 radical (unpaired) electrons. The van der Waals surface area contributed by atoms with E-state index in [1.165, 1.54) is 0 Å². The first-order chi connectivity index (χ1) is 7.66. The Balaban J connectivity index is -0.0000000257. The van der Waals surface area contributed by atoms with Gasteiger partial charge in [0.15, 0.2) is 0 Å². The smallest absolute Gasteiger partial charge is 0.854 e. The molecule has 0 aromatic carbocycles. The fourth-order valence-corrected chi connectivity index (χ4v) is 0. The molecule has 4 nitrogen and oxygen atoms in total. The Bertz CT molecular complexity index is 48.0. The van der Waals surface area contributed by atoms with E-state index >= 15 is 0 Å². The monoisotopic (exact) mass is 300 g/mol. The summed E-state index contributed by atoms with van der Waals surface area (Å²) in [6.07, 6.45) is 3.17. The molecule has 0 bridgehead atoms. The average Bonchev–Trinajstić information content (AvgIpc) is 2.39. The first-order valence-corrected chi connectivity index (χ1v) is 6.01. The maximum atomic E-state index is 9.30. The minimum atomic E-state index is 0. The van der Waals surface area contributed by atoms with E-state index in [0.29, 0.717) is 6.61 Å². The molecule has 0 aliphatic heterocycles. The number of halogens is 1. The molecule has 6 heteroatoms. The van der Waals surface area contributed by atoms with Crippen LogP contribution in [0.2, 0.25) is 0 Å². The van der Waals surface area contributed by atoms with E-state index < -0.39 is 0 Å². The van der Waals surface area contributed by atoms with Gasteiger partial charge in [-0.25, -0.2) is 0 Å². The van der Waals surface area contributed by atoms with Crippen LogP contribution in [0.5, 0.6) is 0 Å². The molecule has 0 heterocycles. The second-order valence-electron chi connectivity index (χ2n) is 2.84. The Morgan fingerprint density at radius 1 is 0.667 bits per heavy atom. The molecule has 0 saturated heterocycles. The van der Waals surface area contributed by atoms with Crippen LogP contribution in [-0.4, -0.2) is 48.9 Å². The Hall–Kier alpha value is 0.662. The van der Waals surface area contributed by atoms with Crippen LogP contribution in [0.15, 0.2) is 0 Å². The molecule has 0 aromatic heterocycles. The normalized spacial score (nSPS) is 6.67. The SMILES string of the molecule is CCCO.CCC[O-].CCC[O-].CCC[O-].Cl.[Al+3]. The van der Waals surface area contributed by atoms with E-state index in [9.17, 15) is 15.3 Å². The Kier molecular flexibility index (Phi) is 132. The molecule has 0 unspecified atom stereocenters. The molecule has 0 spiro atoms. The first-order valence-electron chi connectivity index (χ1n) is 6.01. The Morgan fingerprint density at radius 2 is 0.778 bits per heavy atom. The van der Waals surface area contributed by atoms with Gasteiger partial charge in [0, 0.05) is 6.61 Å². The molecule has 1 N–H and O–H groups in total. The molecule has 0 amide bonds. The predicted molar refractivity (Wildman–Crippen MR) is 75.9 cm³/mol. The van der Waals surface area contributed by atoms with E-state index in [0.717, 1.165) is 25.7 Å². The van der Waals surface area contributed by atoms with Crippen molar-refractivity contribution in [3.63, 3.8) is 0 Å². The van der Waals surface area contributed by atoms with Gasteiger partial charge < -0.3 is 20.4 Å². The Morgan fingerprint density at radius 3 is 0.778 bits per heavy atom. The van der Waals surface area contributed by atoms with Crippen LogP contribution < -0.4 is 15.3 Å². The molecule has 18 heavy (non-hydrogen) atoms. The van der Waals surface area contributed by atoms with Crippen LogP contribution in [0.4, 0.5) is 0 Å². The summed E-state index contributed by atoms with van der Waals surface area (Å²) in [6, 6.07) is 0. The van der Waals surface area contributed by atoms with Crippen molar-refractivity contribution in [1.82, 2.24) is 0 Å². The van der Waals surface area contributed by atoms with E-state index in [2.05, 4.69) is 0 Å². The molecular formula is C12H30AlClO4. The van der Waals surface area contributed by atoms with Gasteiger partial charge in [-0.15, -0.1) is 32.2 Å². The fourth-order valence-electron chi connectivity index (χ4n) is 0. The molecule has 112 valence electrons. The maximum Gasteiger partial charge on any atom is 3.00 e. The van der Waals surface area contributed by atoms with Gasteiger partial charge in [0.05, 0.1) is 0 Å². The second-order valence-corrected chi connectivity index (χ2v) is 2.84. The predicted octanol–water partition coefficient (Wildman–Crippen LogP) is -0.300. The van der Waals surface area contributed by atoms with Crippen LogP contribution in [0.25, 0.3) is 0 Å². The Labute approximate surface area is 130 Å². The zero-order chi connectivity index (χ0) is 13.7. The van der Waals surface area contributed by atoms with Crippen molar-refractivity contribution in [3.8, 4) is 0 Å². The average molecular weight is 301 g/mol. The van der Waals surface area contributed by atoms with Crippen molar-refractivity contribution in [2.75, 3.05) is 26.4 Å². The van der Waals surface area contributed by atoms with Crippen LogP contribution in [0.1, 0.15) is 53.4 Å². The standard InChI is InChI=1S/C3H8O.3C3H7O.Al.ClH/c4*1-2-3-4;;/h4H,2-3H2,1H3;3*2-3H2,1H3;;1H/q;3*-1;+3;. The van der Waals surface area contributed by atoms with Gasteiger partial charge >= 0.3 is 17.4 Å². The van der Waals surface area contributed by atoms with Gasteiger partial charge in [0.1, 0.15) is 0 Å². The molecule has 0 rings (SSSR count). The molecule has 0 saturated carbocycles. The second kappa shape index (κ2) is 65.4. The quantitative estimate of drug-likeness (QED) is 0.722. The van der Waals surface area contributed by atoms with Crippen molar-refractivity contribution < 1.29 is 20.4 Å². The van der Waals surface area contributed by atoms with Gasteiger partial charge in [0.2, 0.25) is 0 Å². The summed E-state index contributed by atoms with van der Waals surface area (Å²) in [5.74, 6) is 0. The number of aliphatic hydroxyl groups excluding tert-OH is 1. The number of hydrogen-bond acceptors (Lipinski definition) is 4. The third-order valence-electron chi connectivity index (χ3n) is 0.836. The fraction of sp³-hybridized carbons (Fsp3) is 1.00. The summed E-state index contributed by atoms with van der Waals surface area (Å²) >= 11 is 0. The molecule has 0 aliphatic rings. The van der Waals surface area contributed by atoms with Crippen LogP contribution >= 0.6 is 12.4 Å². The van der Waals surface area contributed by atoms with E-state index in [1.807, 2.05) is 27.7 Å². The minimum Gasteiger partial charge on any atom is -0.854 e. The van der Waals surface area contributed by atoms with Gasteiger partial charge in [0.25, 0.3) is 0 Å². The third kappa shape index (κ3) is 188. The zero-order valence-electron chi connectivity index (χ0n) is 12.3. The number of aliphatic hydroxyl groups is 1. The van der Waals surface area contributed by atoms with E-state index in [1.54, 1.807) is 0 Å². The van der Waals surface area contributed by atoms with Crippen LogP contribution in [0.3, 0.4) is 0 Å². The summed E-state index contributed by atoms with van der Waals surface area (Å²) in [6.45, 7) is 8.06.